The second-order valence-corrected chi connectivity index (χ2v) is 8.59. The van der Waals surface area contributed by atoms with E-state index in [1.54, 1.807) is 4.34 Å². The number of aromatic nitrogens is 1. The first-order valence-electron chi connectivity index (χ1n) is 9.06. The van der Waals surface area contributed by atoms with Crippen LogP contribution in [0.25, 0.3) is 10.9 Å². The third-order valence-corrected chi connectivity index (χ3v) is 5.91. The van der Waals surface area contributed by atoms with Gasteiger partial charge in [0.1, 0.15) is 0 Å². The molecule has 0 bridgehead atoms. The topological polar surface area (TPSA) is 43.7 Å². The Balaban J connectivity index is 2.51. The lowest BCUT2D eigenvalue weighted by atomic mass is 10.1. The van der Waals surface area contributed by atoms with Crippen LogP contribution in [-0.4, -0.2) is 43.1 Å². The molecule has 0 aliphatic rings. The summed E-state index contributed by atoms with van der Waals surface area (Å²) >= 11 is 0. The van der Waals surface area contributed by atoms with Crippen LogP contribution in [0.1, 0.15) is 37.8 Å². The molecule has 0 spiro atoms. The fourth-order valence-corrected chi connectivity index (χ4v) is 4.58. The molecular weight excluding hydrogens is 335 g/mol. The normalized spacial score (nSPS) is 12.4. The van der Waals surface area contributed by atoms with E-state index in [0.717, 1.165) is 36.7 Å². The molecule has 0 saturated heterocycles. The number of hydrogen-bond donors (Lipinski definition) is 0. The van der Waals surface area contributed by atoms with Crippen molar-refractivity contribution in [1.82, 2.24) is 9.24 Å². The highest BCUT2D eigenvalue weighted by Crippen LogP contribution is 2.52. The fourth-order valence-electron chi connectivity index (χ4n) is 2.71. The largest absolute Gasteiger partial charge is 0.439 e. The van der Waals surface area contributed by atoms with Gasteiger partial charge in [-0.25, -0.2) is 4.57 Å². The quantitative estimate of drug-likeness (QED) is 0.563. The first kappa shape index (κ1) is 20.2. The average Bonchev–Trinajstić information content (AvgIpc) is 2.95. The third kappa shape index (κ3) is 4.95. The molecule has 0 fully saturated rings. The van der Waals surface area contributed by atoms with Crippen molar-refractivity contribution in [3.8, 4) is 0 Å². The van der Waals surface area contributed by atoms with Crippen LogP contribution < -0.4 is 0 Å². The molecule has 6 heteroatoms. The number of aryl methyl sites for hydroxylation is 1. The van der Waals surface area contributed by atoms with Crippen LogP contribution in [0.4, 0.5) is 0 Å². The van der Waals surface area contributed by atoms with Gasteiger partial charge in [-0.1, -0.05) is 25.5 Å². The number of hydrogen-bond acceptors (Lipinski definition) is 4. The zero-order valence-corrected chi connectivity index (χ0v) is 17.0. The van der Waals surface area contributed by atoms with Gasteiger partial charge >= 0.3 is 7.75 Å². The number of fused-ring (bicyclic) bond motifs is 1. The van der Waals surface area contributed by atoms with Crippen molar-refractivity contribution in [3.63, 3.8) is 0 Å². The van der Waals surface area contributed by atoms with Gasteiger partial charge < -0.3 is 4.90 Å². The van der Waals surface area contributed by atoms with Crippen molar-refractivity contribution in [2.24, 2.45) is 0 Å². The smallest absolute Gasteiger partial charge is 0.309 e. The van der Waals surface area contributed by atoms with Crippen LogP contribution in [-0.2, 0) is 20.0 Å². The lowest BCUT2D eigenvalue weighted by Crippen LogP contribution is -2.14. The van der Waals surface area contributed by atoms with E-state index in [-0.39, 0.29) is 0 Å². The summed E-state index contributed by atoms with van der Waals surface area (Å²) in [6.07, 6.45) is 4.44. The van der Waals surface area contributed by atoms with Crippen LogP contribution in [0.3, 0.4) is 0 Å². The highest BCUT2D eigenvalue weighted by atomic mass is 31.2. The van der Waals surface area contributed by atoms with Crippen molar-refractivity contribution in [2.45, 2.75) is 40.0 Å². The zero-order valence-electron chi connectivity index (χ0n) is 16.1. The molecule has 2 rings (SSSR count). The van der Waals surface area contributed by atoms with Crippen molar-refractivity contribution >= 4 is 18.6 Å². The van der Waals surface area contributed by atoms with Gasteiger partial charge in [-0.2, -0.15) is 0 Å². The van der Waals surface area contributed by atoms with E-state index >= 15 is 0 Å². The number of benzene rings is 1. The van der Waals surface area contributed by atoms with Crippen molar-refractivity contribution in [1.29, 1.82) is 0 Å². The van der Waals surface area contributed by atoms with Crippen molar-refractivity contribution in [3.05, 3.63) is 35.5 Å². The van der Waals surface area contributed by atoms with Gasteiger partial charge in [0.15, 0.2) is 0 Å². The summed E-state index contributed by atoms with van der Waals surface area (Å²) in [5, 5.41) is 1.13. The maximum absolute atomic E-state index is 13.5. The van der Waals surface area contributed by atoms with Crippen molar-refractivity contribution in [2.75, 3.05) is 33.9 Å². The summed E-state index contributed by atoms with van der Waals surface area (Å²) in [4.78, 5) is 2.15. The summed E-state index contributed by atoms with van der Waals surface area (Å²) in [6.45, 7) is 7.85. The van der Waals surface area contributed by atoms with Crippen LogP contribution in [0.15, 0.2) is 24.4 Å². The Morgan fingerprint density at radius 2 is 1.76 bits per heavy atom. The molecule has 0 N–H and O–H groups in total. The van der Waals surface area contributed by atoms with Crippen LogP contribution in [0.5, 0.6) is 0 Å². The average molecular weight is 366 g/mol. The Kier molecular flexibility index (Phi) is 7.26. The zero-order chi connectivity index (χ0) is 18.4. The number of rotatable bonds is 10. The predicted octanol–water partition coefficient (Wildman–Crippen LogP) is 4.86. The molecule has 1 aromatic heterocycles. The SMILES string of the molecule is CCCOP(=O)(OCCC)n1cc(CCN(C)C)c2cc(C)ccc21. The first-order valence-corrected chi connectivity index (χ1v) is 10.6. The predicted molar refractivity (Wildman–Crippen MR) is 104 cm³/mol. The molecule has 0 atom stereocenters. The Labute approximate surface area is 151 Å². The van der Waals surface area contributed by atoms with E-state index in [9.17, 15) is 4.57 Å². The number of likely N-dealkylation sites (N-methyl/N-ethyl adjacent to an activating group) is 1. The van der Waals surface area contributed by atoms with Gasteiger partial charge in [0.2, 0.25) is 0 Å². The molecule has 1 heterocycles. The van der Waals surface area contributed by atoms with Gasteiger partial charge in [-0.15, -0.1) is 0 Å². The van der Waals surface area contributed by atoms with E-state index in [1.807, 2.05) is 32.2 Å². The Morgan fingerprint density at radius 3 is 2.32 bits per heavy atom. The lowest BCUT2D eigenvalue weighted by Gasteiger charge is -2.20. The lowest BCUT2D eigenvalue weighted by molar-refractivity contribution is 0.198. The monoisotopic (exact) mass is 366 g/mol. The molecule has 0 unspecified atom stereocenters. The first-order chi connectivity index (χ1) is 11.9. The summed E-state index contributed by atoms with van der Waals surface area (Å²) in [5.74, 6) is 0. The van der Waals surface area contributed by atoms with Gasteiger partial charge in [-0.05, 0) is 58.0 Å². The summed E-state index contributed by atoms with van der Waals surface area (Å²) in [7, 11) is 0.730. The van der Waals surface area contributed by atoms with E-state index in [4.69, 9.17) is 9.05 Å². The van der Waals surface area contributed by atoms with E-state index in [1.165, 1.54) is 11.1 Å². The summed E-state index contributed by atoms with van der Waals surface area (Å²) in [6, 6.07) is 6.21. The van der Waals surface area contributed by atoms with Crippen LogP contribution >= 0.6 is 7.75 Å². The minimum absolute atomic E-state index is 0.416. The maximum atomic E-state index is 13.5. The second kappa shape index (κ2) is 9.00. The second-order valence-electron chi connectivity index (χ2n) is 6.71. The molecule has 25 heavy (non-hydrogen) atoms. The molecule has 0 aliphatic heterocycles. The third-order valence-electron chi connectivity index (χ3n) is 4.03. The van der Waals surface area contributed by atoms with Gasteiger partial charge in [-0.3, -0.25) is 13.4 Å². The van der Waals surface area contributed by atoms with Crippen LogP contribution in [0.2, 0.25) is 0 Å². The van der Waals surface area contributed by atoms with E-state index in [2.05, 4.69) is 32.0 Å². The van der Waals surface area contributed by atoms with E-state index < -0.39 is 7.75 Å². The van der Waals surface area contributed by atoms with E-state index in [0.29, 0.717) is 13.2 Å². The standard InChI is InChI=1S/C19H31N2O3P/c1-6-12-23-25(22,24-13-7-2)21-15-17(10-11-20(4)5)18-14-16(3)8-9-19(18)21/h8-9,14-15H,6-7,10-13H2,1-5H3. The van der Waals surface area contributed by atoms with Gasteiger partial charge in [0, 0.05) is 18.1 Å². The minimum atomic E-state index is -3.39. The Bertz CT molecular complexity index is 728. The molecular formula is C19H31N2O3P. The van der Waals surface area contributed by atoms with Gasteiger partial charge in [0.05, 0.1) is 18.7 Å². The molecule has 2 aromatic rings. The Morgan fingerprint density at radius 1 is 1.12 bits per heavy atom. The molecule has 140 valence electrons. The highest BCUT2D eigenvalue weighted by molar-refractivity contribution is 7.52. The highest BCUT2D eigenvalue weighted by Gasteiger charge is 2.29. The number of nitrogens with zero attached hydrogens (tertiary/aromatic N) is 2. The fraction of sp³-hybridized carbons (Fsp3) is 0.579. The molecule has 5 nitrogen and oxygen atoms in total. The molecule has 0 saturated carbocycles. The molecule has 0 radical (unpaired) electrons. The Hall–Kier alpha value is -1.13. The summed E-state index contributed by atoms with van der Waals surface area (Å²) in [5.41, 5.74) is 3.28. The molecule has 1 aromatic carbocycles. The molecule has 0 aliphatic carbocycles. The van der Waals surface area contributed by atoms with Crippen LogP contribution in [0, 0.1) is 6.92 Å². The minimum Gasteiger partial charge on any atom is -0.309 e. The molecule has 0 amide bonds. The van der Waals surface area contributed by atoms with Gasteiger partial charge in [0.25, 0.3) is 0 Å². The summed E-state index contributed by atoms with van der Waals surface area (Å²) < 4.78 is 26.7. The van der Waals surface area contributed by atoms with Crippen molar-refractivity contribution < 1.29 is 13.6 Å². The maximum Gasteiger partial charge on any atom is 0.439 e.